The van der Waals surface area contributed by atoms with E-state index in [2.05, 4.69) is 27.3 Å². The van der Waals surface area contributed by atoms with Gasteiger partial charge in [-0.3, -0.25) is 14.4 Å². The third-order valence-corrected chi connectivity index (χ3v) is 12.5. The highest BCUT2D eigenvalue weighted by Gasteiger charge is 2.62. The molecule has 3 fully saturated rings. The number of likely N-dealkylation sites (tertiary alicyclic amines) is 1. The first kappa shape index (κ1) is 42.1. The molecule has 316 valence electrons. The van der Waals surface area contributed by atoms with Gasteiger partial charge in [-0.2, -0.15) is 0 Å². The molecular formula is C44H50N6O9S. The predicted octanol–water partition coefficient (Wildman–Crippen LogP) is 4.47. The number of carbonyl (C=O) groups is 4. The molecule has 4 atom stereocenters. The van der Waals surface area contributed by atoms with Crippen LogP contribution in [0.4, 0.5) is 4.79 Å². The molecule has 1 aliphatic carbocycles. The molecule has 1 saturated carbocycles. The number of fused-ring (bicyclic) bond motifs is 1. The van der Waals surface area contributed by atoms with E-state index in [0.717, 1.165) is 5.56 Å². The van der Waals surface area contributed by atoms with E-state index in [9.17, 15) is 22.8 Å². The van der Waals surface area contributed by atoms with Gasteiger partial charge >= 0.3 is 6.09 Å². The Bertz CT molecular complexity index is 2400. The van der Waals surface area contributed by atoms with E-state index >= 15 is 4.79 Å². The van der Waals surface area contributed by atoms with Gasteiger partial charge in [0.25, 0.3) is 15.9 Å². The zero-order valence-corrected chi connectivity index (χ0v) is 34.8. The Morgan fingerprint density at radius 2 is 1.63 bits per heavy atom. The number of benzene rings is 3. The lowest BCUT2D eigenvalue weighted by molar-refractivity contribution is -0.145. The van der Waals surface area contributed by atoms with Gasteiger partial charge in [0.2, 0.25) is 11.8 Å². The molecule has 2 aliphatic heterocycles. The van der Waals surface area contributed by atoms with Crippen LogP contribution in [0.15, 0.2) is 102 Å². The SMILES string of the molecule is C=C[C@@H]1C[C@]1(NC(=O)[C@@H]1C[C@@H](Oc2cc(-c3ccccc3)nc3cc(OC)ccc23)CN1C(=O)C1(NC(=O)OC(C)(C)C)CCNCC1)C(=O)NS(=O)(=O)c1ccccc1. The van der Waals surface area contributed by atoms with Gasteiger partial charge in [-0.1, -0.05) is 54.6 Å². The number of pyridine rings is 1. The van der Waals surface area contributed by atoms with Gasteiger partial charge in [-0.05, 0) is 77.4 Å². The number of rotatable bonds is 12. The second-order valence-corrected chi connectivity index (χ2v) is 18.1. The van der Waals surface area contributed by atoms with Crippen LogP contribution in [0.5, 0.6) is 11.5 Å². The average molecular weight is 839 g/mol. The summed E-state index contributed by atoms with van der Waals surface area (Å²) in [6.07, 6.45) is 0.462. The maximum Gasteiger partial charge on any atom is 0.408 e. The standard InChI is InChI=1S/C44H50N6O9S/c1-6-29-26-44(29,39(52)49-60(55,56)32-15-11-8-12-16-32)47-38(51)36-24-31(27-50(36)40(53)43(19-21-45-22-20-43)48-41(54)59-42(2,3)4)58-37-25-34(28-13-9-7-10-14-28)46-35-23-30(57-5)17-18-33(35)37/h6-18,23,25,29,31,36,45H,1,19-22,24,26-27H2,2-5H3,(H,47,51)(H,48,54)(H,49,52)/t29-,31-,36+,44-/m1/s1. The van der Waals surface area contributed by atoms with E-state index in [0.29, 0.717) is 41.2 Å². The second-order valence-electron chi connectivity index (χ2n) is 16.4. The van der Waals surface area contributed by atoms with Crippen molar-refractivity contribution in [2.24, 2.45) is 5.92 Å². The predicted molar refractivity (Wildman–Crippen MR) is 223 cm³/mol. The number of nitrogens with zero attached hydrogens (tertiary/aromatic N) is 2. The van der Waals surface area contributed by atoms with Gasteiger partial charge in [0.05, 0.1) is 29.8 Å². The summed E-state index contributed by atoms with van der Waals surface area (Å²) < 4.78 is 46.4. The Kier molecular flexibility index (Phi) is 11.6. The minimum Gasteiger partial charge on any atom is -0.497 e. The minimum atomic E-state index is -4.29. The minimum absolute atomic E-state index is 0.00223. The highest BCUT2D eigenvalue weighted by Crippen LogP contribution is 2.45. The third kappa shape index (κ3) is 8.80. The molecule has 4 N–H and O–H groups in total. The molecule has 0 spiro atoms. The van der Waals surface area contributed by atoms with E-state index in [1.807, 2.05) is 42.5 Å². The van der Waals surface area contributed by atoms with Gasteiger partial charge in [-0.25, -0.2) is 22.9 Å². The number of aromatic nitrogens is 1. The number of ether oxygens (including phenoxy) is 3. The van der Waals surface area contributed by atoms with Crippen LogP contribution in [-0.2, 0) is 29.1 Å². The van der Waals surface area contributed by atoms with E-state index in [-0.39, 0.29) is 37.1 Å². The van der Waals surface area contributed by atoms with Crippen LogP contribution >= 0.6 is 0 Å². The van der Waals surface area contributed by atoms with Gasteiger partial charge < -0.3 is 35.1 Å². The van der Waals surface area contributed by atoms with E-state index in [4.69, 9.17) is 19.2 Å². The lowest BCUT2D eigenvalue weighted by Crippen LogP contribution is -2.66. The smallest absolute Gasteiger partial charge is 0.408 e. The quantitative estimate of drug-likeness (QED) is 0.147. The van der Waals surface area contributed by atoms with Crippen molar-refractivity contribution in [3.8, 4) is 22.8 Å². The van der Waals surface area contributed by atoms with Crippen molar-refractivity contribution in [2.45, 2.75) is 80.2 Å². The summed E-state index contributed by atoms with van der Waals surface area (Å²) in [7, 11) is -2.72. The van der Waals surface area contributed by atoms with Crippen LogP contribution in [0.1, 0.15) is 46.5 Å². The summed E-state index contributed by atoms with van der Waals surface area (Å²) in [5.74, 6) is -1.68. The molecule has 2 saturated heterocycles. The van der Waals surface area contributed by atoms with Crippen molar-refractivity contribution in [1.29, 1.82) is 0 Å². The summed E-state index contributed by atoms with van der Waals surface area (Å²) in [6, 6.07) is 23.0. The number of amides is 4. The highest BCUT2D eigenvalue weighted by molar-refractivity contribution is 7.90. The van der Waals surface area contributed by atoms with Crippen molar-refractivity contribution in [3.63, 3.8) is 0 Å². The first-order chi connectivity index (χ1) is 28.6. The molecule has 3 aliphatic rings. The van der Waals surface area contributed by atoms with E-state index < -0.39 is 68.6 Å². The molecule has 60 heavy (non-hydrogen) atoms. The molecule has 0 radical (unpaired) electrons. The Balaban J connectivity index is 1.23. The van der Waals surface area contributed by atoms with E-state index in [1.54, 1.807) is 46.1 Å². The number of methoxy groups -OCH3 is 1. The Morgan fingerprint density at radius 1 is 0.950 bits per heavy atom. The van der Waals surface area contributed by atoms with Crippen molar-refractivity contribution < 1.29 is 41.8 Å². The molecule has 3 heterocycles. The molecule has 7 rings (SSSR count). The molecule has 4 amide bonds. The molecular weight excluding hydrogens is 789 g/mol. The summed E-state index contributed by atoms with van der Waals surface area (Å²) in [5, 5.41) is 9.59. The maximum absolute atomic E-state index is 15.0. The molecule has 15 nitrogen and oxygen atoms in total. The summed E-state index contributed by atoms with van der Waals surface area (Å²) in [6.45, 7) is 9.73. The molecule has 1 aromatic heterocycles. The van der Waals surface area contributed by atoms with Crippen molar-refractivity contribution >= 4 is 44.7 Å². The zero-order valence-electron chi connectivity index (χ0n) is 34.0. The fourth-order valence-electron chi connectivity index (χ4n) is 7.92. The van der Waals surface area contributed by atoms with Crippen LogP contribution < -0.4 is 30.1 Å². The number of alkyl carbamates (subject to hydrolysis) is 1. The Hall–Kier alpha value is -6.00. The fourth-order valence-corrected chi connectivity index (χ4v) is 8.98. The maximum atomic E-state index is 15.0. The first-order valence-corrected chi connectivity index (χ1v) is 21.4. The topological polar surface area (TPSA) is 194 Å². The number of hydrogen-bond acceptors (Lipinski definition) is 11. The second kappa shape index (κ2) is 16.6. The van der Waals surface area contributed by atoms with Crippen molar-refractivity contribution in [3.05, 3.63) is 97.6 Å². The lowest BCUT2D eigenvalue weighted by atomic mass is 9.86. The molecule has 0 bridgehead atoms. The van der Waals surface area contributed by atoms with Crippen molar-refractivity contribution in [1.82, 2.24) is 30.6 Å². The Morgan fingerprint density at radius 3 is 2.27 bits per heavy atom. The Labute approximate surface area is 349 Å². The van der Waals surface area contributed by atoms with Crippen LogP contribution in [0, 0.1) is 5.92 Å². The van der Waals surface area contributed by atoms with E-state index in [1.165, 1.54) is 35.2 Å². The van der Waals surface area contributed by atoms with Crippen LogP contribution in [-0.4, -0.2) is 97.7 Å². The monoisotopic (exact) mass is 838 g/mol. The third-order valence-electron chi connectivity index (χ3n) is 11.1. The highest BCUT2D eigenvalue weighted by atomic mass is 32.2. The summed E-state index contributed by atoms with van der Waals surface area (Å²) >= 11 is 0. The van der Waals surface area contributed by atoms with Gasteiger partial charge in [0.15, 0.2) is 0 Å². The van der Waals surface area contributed by atoms with Crippen LogP contribution in [0.2, 0.25) is 0 Å². The van der Waals surface area contributed by atoms with Gasteiger partial charge in [0, 0.05) is 35.4 Å². The summed E-state index contributed by atoms with van der Waals surface area (Å²) in [4.78, 5) is 63.0. The largest absolute Gasteiger partial charge is 0.497 e. The zero-order chi connectivity index (χ0) is 42.9. The number of hydrogen-bond donors (Lipinski definition) is 4. The molecule has 0 unspecified atom stereocenters. The number of sulfonamides is 1. The number of nitrogens with one attached hydrogen (secondary N) is 4. The fraction of sp³-hybridized carbons (Fsp3) is 0.386. The molecule has 16 heteroatoms. The van der Waals surface area contributed by atoms with Crippen LogP contribution in [0.25, 0.3) is 22.2 Å². The van der Waals surface area contributed by atoms with Crippen molar-refractivity contribution in [2.75, 3.05) is 26.7 Å². The average Bonchev–Trinajstić information content (AvgIpc) is 3.79. The summed E-state index contributed by atoms with van der Waals surface area (Å²) in [5.41, 5.74) is -1.87. The molecule has 3 aromatic carbocycles. The molecule has 4 aromatic rings. The number of piperidine rings is 1. The van der Waals surface area contributed by atoms with Gasteiger partial charge in [-0.15, -0.1) is 6.58 Å². The normalized spacial score (nSPS) is 22.3. The van der Waals surface area contributed by atoms with Gasteiger partial charge in [0.1, 0.15) is 40.3 Å². The van der Waals surface area contributed by atoms with Crippen LogP contribution in [0.3, 0.4) is 0 Å². The lowest BCUT2D eigenvalue weighted by Gasteiger charge is -2.41. The number of carbonyl (C=O) groups excluding carboxylic acids is 4. The first-order valence-electron chi connectivity index (χ1n) is 19.9.